The van der Waals surface area contributed by atoms with Crippen molar-refractivity contribution < 1.29 is 4.42 Å². The van der Waals surface area contributed by atoms with Crippen LogP contribution in [0.3, 0.4) is 0 Å². The third-order valence-corrected chi connectivity index (χ3v) is 10.9. The largest absolute Gasteiger partial charge is 0.456 e. The van der Waals surface area contributed by atoms with E-state index < -0.39 is 0 Å². The Balaban J connectivity index is 1.25. The van der Waals surface area contributed by atoms with Gasteiger partial charge in [0.15, 0.2) is 0 Å². The van der Waals surface area contributed by atoms with Crippen LogP contribution in [0.2, 0.25) is 0 Å². The van der Waals surface area contributed by atoms with Crippen molar-refractivity contribution in [3.05, 3.63) is 176 Å². The van der Waals surface area contributed by atoms with Crippen molar-refractivity contribution in [2.45, 2.75) is 0 Å². The number of rotatable bonds is 5. The molecule has 0 aliphatic heterocycles. The van der Waals surface area contributed by atoms with Gasteiger partial charge in [0.25, 0.3) is 0 Å². The molecule has 0 bridgehead atoms. The van der Waals surface area contributed by atoms with E-state index in [0.717, 1.165) is 33.3 Å². The molecule has 0 saturated carbocycles. The van der Waals surface area contributed by atoms with E-state index in [1.54, 1.807) is 0 Å². The molecule has 10 rings (SSSR count). The maximum Gasteiger partial charge on any atom is 0.137 e. The highest BCUT2D eigenvalue weighted by atomic mass is 32.1. The van der Waals surface area contributed by atoms with E-state index in [0.29, 0.717) is 0 Å². The highest BCUT2D eigenvalue weighted by Gasteiger charge is 2.23. The number of furan rings is 1. The molecule has 2 aromatic heterocycles. The maximum atomic E-state index is 6.46. The molecule has 8 aromatic carbocycles. The Morgan fingerprint density at radius 1 is 0.408 bits per heavy atom. The van der Waals surface area contributed by atoms with E-state index in [4.69, 9.17) is 4.42 Å². The lowest BCUT2D eigenvalue weighted by atomic mass is 9.97. The molecule has 0 aliphatic carbocycles. The number of thiophene rings is 1. The maximum absolute atomic E-state index is 6.46. The van der Waals surface area contributed by atoms with Crippen LogP contribution in [0.25, 0.3) is 75.1 Å². The van der Waals surface area contributed by atoms with E-state index in [-0.39, 0.29) is 0 Å². The van der Waals surface area contributed by atoms with Crippen LogP contribution < -0.4 is 4.90 Å². The summed E-state index contributed by atoms with van der Waals surface area (Å²) in [5.74, 6) is 0. The van der Waals surface area contributed by atoms with Crippen molar-refractivity contribution in [1.82, 2.24) is 0 Å². The van der Waals surface area contributed by atoms with Crippen LogP contribution in [-0.2, 0) is 0 Å². The van der Waals surface area contributed by atoms with Gasteiger partial charge in [-0.05, 0) is 63.9 Å². The summed E-state index contributed by atoms with van der Waals surface area (Å²) >= 11 is 1.86. The summed E-state index contributed by atoms with van der Waals surface area (Å²) in [7, 11) is 0. The molecule has 2 nitrogen and oxygen atoms in total. The van der Waals surface area contributed by atoms with Crippen LogP contribution in [0.4, 0.5) is 17.1 Å². The molecule has 0 unspecified atom stereocenters. The van der Waals surface area contributed by atoms with Crippen LogP contribution in [0.5, 0.6) is 0 Å². The average molecular weight is 644 g/mol. The highest BCUT2D eigenvalue weighted by molar-refractivity contribution is 7.26. The minimum absolute atomic E-state index is 0.876. The van der Waals surface area contributed by atoms with Gasteiger partial charge < -0.3 is 9.32 Å². The lowest BCUT2D eigenvalue weighted by Crippen LogP contribution is -2.11. The first kappa shape index (κ1) is 27.9. The van der Waals surface area contributed by atoms with Crippen LogP contribution in [-0.4, -0.2) is 0 Å². The molecule has 49 heavy (non-hydrogen) atoms. The smallest absolute Gasteiger partial charge is 0.137 e. The topological polar surface area (TPSA) is 16.4 Å². The molecular weight excluding hydrogens is 615 g/mol. The van der Waals surface area contributed by atoms with Crippen LogP contribution in [0.15, 0.2) is 180 Å². The fraction of sp³-hybridized carbons (Fsp3) is 0. The van der Waals surface area contributed by atoms with Gasteiger partial charge in [0.2, 0.25) is 0 Å². The molecule has 0 saturated heterocycles. The Labute approximate surface area is 287 Å². The predicted octanol–water partition coefficient (Wildman–Crippen LogP) is 13.9. The first-order chi connectivity index (χ1) is 24.3. The Kier molecular flexibility index (Phi) is 6.39. The number of fused-ring (bicyclic) bond motifs is 7. The van der Waals surface area contributed by atoms with E-state index in [1.807, 2.05) is 23.5 Å². The van der Waals surface area contributed by atoms with Crippen LogP contribution in [0.1, 0.15) is 0 Å². The van der Waals surface area contributed by atoms with Gasteiger partial charge in [-0.3, -0.25) is 0 Å². The highest BCUT2D eigenvalue weighted by Crippen LogP contribution is 2.50. The molecule has 10 aromatic rings. The second kappa shape index (κ2) is 11.2. The molecule has 2 heterocycles. The number of benzene rings is 8. The number of nitrogens with zero attached hydrogens (tertiary/aromatic N) is 1. The van der Waals surface area contributed by atoms with Crippen LogP contribution in [0, 0.1) is 0 Å². The zero-order valence-electron chi connectivity index (χ0n) is 26.5. The van der Waals surface area contributed by atoms with Crippen molar-refractivity contribution in [1.29, 1.82) is 0 Å². The first-order valence-corrected chi connectivity index (χ1v) is 17.4. The van der Waals surface area contributed by atoms with Crippen LogP contribution >= 0.6 is 11.3 Å². The number of hydrogen-bond donors (Lipinski definition) is 0. The molecule has 0 aliphatic rings. The molecule has 0 N–H and O–H groups in total. The average Bonchev–Trinajstić information content (AvgIpc) is 3.74. The van der Waals surface area contributed by atoms with E-state index in [9.17, 15) is 0 Å². The van der Waals surface area contributed by atoms with E-state index in [2.05, 4.69) is 169 Å². The van der Waals surface area contributed by atoms with Gasteiger partial charge in [0.1, 0.15) is 11.2 Å². The summed E-state index contributed by atoms with van der Waals surface area (Å²) in [6, 6.07) is 63.2. The summed E-state index contributed by atoms with van der Waals surface area (Å²) in [6.45, 7) is 0. The zero-order chi connectivity index (χ0) is 32.3. The minimum Gasteiger partial charge on any atom is -0.456 e. The van der Waals surface area contributed by atoms with E-state index in [1.165, 1.54) is 58.9 Å². The number of anilines is 3. The minimum atomic E-state index is 0.876. The lowest BCUT2D eigenvalue weighted by molar-refractivity contribution is 0.669. The number of para-hydroxylation sites is 1. The summed E-state index contributed by atoms with van der Waals surface area (Å²) in [5.41, 5.74) is 9.86. The molecule has 0 spiro atoms. The second-order valence-electron chi connectivity index (χ2n) is 12.5. The summed E-state index contributed by atoms with van der Waals surface area (Å²) in [4.78, 5) is 2.43. The summed E-state index contributed by atoms with van der Waals surface area (Å²) in [5, 5.41) is 7.29. The quantitative estimate of drug-likeness (QED) is 0.186. The van der Waals surface area contributed by atoms with Crippen molar-refractivity contribution in [2.24, 2.45) is 0 Å². The third-order valence-electron chi connectivity index (χ3n) is 9.68. The van der Waals surface area contributed by atoms with E-state index >= 15 is 0 Å². The third kappa shape index (κ3) is 4.55. The van der Waals surface area contributed by atoms with Crippen molar-refractivity contribution >= 4 is 81.3 Å². The lowest BCUT2D eigenvalue weighted by Gasteiger charge is -2.29. The Hall–Kier alpha value is -6.16. The number of hydrogen-bond acceptors (Lipinski definition) is 3. The SMILES string of the molecule is c1ccc(-c2ccc3c(sc4ccccc43)c2N(c2ccc(-c3cccc4ccccc34)cc2)c2ccc3c(c2)oc2ccccc23)cc1. The van der Waals surface area contributed by atoms with Crippen molar-refractivity contribution in [3.8, 4) is 22.3 Å². The normalized spacial score (nSPS) is 11.7. The molecule has 230 valence electrons. The second-order valence-corrected chi connectivity index (χ2v) is 13.5. The summed E-state index contributed by atoms with van der Waals surface area (Å²) in [6.07, 6.45) is 0. The first-order valence-electron chi connectivity index (χ1n) is 16.6. The molecular formula is C46H29NOS. The fourth-order valence-corrected chi connectivity index (χ4v) is 8.62. The Morgan fingerprint density at radius 2 is 1.06 bits per heavy atom. The van der Waals surface area contributed by atoms with Gasteiger partial charge in [-0.15, -0.1) is 11.3 Å². The van der Waals surface area contributed by atoms with Crippen molar-refractivity contribution in [2.75, 3.05) is 4.90 Å². The van der Waals surface area contributed by atoms with Gasteiger partial charge in [-0.1, -0.05) is 133 Å². The molecule has 0 fully saturated rings. The monoisotopic (exact) mass is 643 g/mol. The Bertz CT molecular complexity index is 2820. The molecule has 3 heteroatoms. The van der Waals surface area contributed by atoms with Gasteiger partial charge in [-0.25, -0.2) is 0 Å². The predicted molar refractivity (Wildman–Crippen MR) is 210 cm³/mol. The zero-order valence-corrected chi connectivity index (χ0v) is 27.3. The van der Waals surface area contributed by atoms with Crippen molar-refractivity contribution in [3.63, 3.8) is 0 Å². The van der Waals surface area contributed by atoms with Gasteiger partial charge in [0, 0.05) is 49.2 Å². The fourth-order valence-electron chi connectivity index (χ4n) is 7.38. The van der Waals surface area contributed by atoms with Gasteiger partial charge in [-0.2, -0.15) is 0 Å². The summed E-state index contributed by atoms with van der Waals surface area (Å²) < 4.78 is 8.99. The molecule has 0 radical (unpaired) electrons. The standard InChI is InChI=1S/C46H29NOS/c1-2-11-31(12-3-1)37-27-28-41-40-17-7-9-20-44(40)49-46(41)45(37)47(34-25-26-39-38-16-6-8-19-42(38)48-43(39)29-34)33-23-21-32(22-24-33)36-18-10-14-30-13-4-5-15-35(30)36/h1-29H. The van der Waals surface area contributed by atoms with Gasteiger partial charge >= 0.3 is 0 Å². The van der Waals surface area contributed by atoms with Gasteiger partial charge in [0.05, 0.1) is 10.4 Å². The molecule has 0 atom stereocenters. The molecule has 0 amide bonds. The Morgan fingerprint density at radius 3 is 1.94 bits per heavy atom.